The summed E-state index contributed by atoms with van der Waals surface area (Å²) >= 11 is 16.7. The summed E-state index contributed by atoms with van der Waals surface area (Å²) in [6.07, 6.45) is 0.907. The lowest BCUT2D eigenvalue weighted by atomic mass is 10.1. The number of aromatic hydroxyl groups is 1. The Morgan fingerprint density at radius 3 is 2.26 bits per heavy atom. The zero-order valence-corrected chi connectivity index (χ0v) is 14.5. The van der Waals surface area contributed by atoms with Crippen molar-refractivity contribution < 1.29 is 9.90 Å². The van der Waals surface area contributed by atoms with E-state index in [1.807, 2.05) is 19.1 Å². The van der Waals surface area contributed by atoms with E-state index >= 15 is 0 Å². The number of nitrogens with one attached hydrogen (secondary N) is 2. The van der Waals surface area contributed by atoms with E-state index < -0.39 is 0 Å². The normalized spacial score (nSPS) is 10.2. The second kappa shape index (κ2) is 7.64. The molecule has 0 saturated carbocycles. The molecule has 0 atom stereocenters. The number of carbonyl (C=O) groups excluding carboxylic acids is 1. The molecule has 3 N–H and O–H groups in total. The SMILES string of the molecule is CCc1ccc(C(=O)NC(=S)Nc2cc(Cl)c(O)c(Cl)c2)cc1. The highest BCUT2D eigenvalue weighted by Crippen LogP contribution is 2.34. The fourth-order valence-electron chi connectivity index (χ4n) is 1.87. The van der Waals surface area contributed by atoms with E-state index in [-0.39, 0.29) is 26.8 Å². The molecular weight excluding hydrogens is 355 g/mol. The van der Waals surface area contributed by atoms with Gasteiger partial charge in [0.15, 0.2) is 10.9 Å². The molecule has 2 aromatic rings. The number of amides is 1. The monoisotopic (exact) mass is 368 g/mol. The van der Waals surface area contributed by atoms with Crippen LogP contribution in [0.15, 0.2) is 36.4 Å². The molecule has 0 aliphatic rings. The molecule has 7 heteroatoms. The van der Waals surface area contributed by atoms with Crippen LogP contribution in [0.1, 0.15) is 22.8 Å². The number of phenolic OH excluding ortho intramolecular Hbond substituents is 1. The predicted molar refractivity (Wildman–Crippen MR) is 97.6 cm³/mol. The van der Waals surface area contributed by atoms with E-state index in [2.05, 4.69) is 10.6 Å². The minimum atomic E-state index is -0.318. The maximum Gasteiger partial charge on any atom is 0.257 e. The number of rotatable bonds is 3. The highest BCUT2D eigenvalue weighted by Gasteiger charge is 2.10. The highest BCUT2D eigenvalue weighted by atomic mass is 35.5. The lowest BCUT2D eigenvalue weighted by Crippen LogP contribution is -2.34. The molecule has 0 heterocycles. The van der Waals surface area contributed by atoms with Crippen molar-refractivity contribution in [1.82, 2.24) is 5.32 Å². The van der Waals surface area contributed by atoms with Crippen LogP contribution in [0.4, 0.5) is 5.69 Å². The maximum atomic E-state index is 12.1. The molecule has 120 valence electrons. The summed E-state index contributed by atoms with van der Waals surface area (Å²) in [5.74, 6) is -0.522. The molecular formula is C16H14Cl2N2O2S. The third kappa shape index (κ3) is 4.58. The van der Waals surface area contributed by atoms with Crippen LogP contribution < -0.4 is 10.6 Å². The van der Waals surface area contributed by atoms with Crippen LogP contribution in [-0.4, -0.2) is 16.1 Å². The second-order valence-corrected chi connectivity index (χ2v) is 5.97. The quantitative estimate of drug-likeness (QED) is 0.555. The molecule has 0 fully saturated rings. The molecule has 0 aromatic heterocycles. The second-order valence-electron chi connectivity index (χ2n) is 4.75. The average Bonchev–Trinajstić information content (AvgIpc) is 2.52. The van der Waals surface area contributed by atoms with E-state index in [9.17, 15) is 9.90 Å². The van der Waals surface area contributed by atoms with Gasteiger partial charge in [0.2, 0.25) is 0 Å². The van der Waals surface area contributed by atoms with Crippen molar-refractivity contribution >= 4 is 52.1 Å². The van der Waals surface area contributed by atoms with Crippen molar-refractivity contribution in [3.05, 3.63) is 57.6 Å². The van der Waals surface area contributed by atoms with Gasteiger partial charge in [0.05, 0.1) is 10.0 Å². The summed E-state index contributed by atoms with van der Waals surface area (Å²) < 4.78 is 0. The number of thiocarbonyl (C=S) groups is 1. The molecule has 0 saturated heterocycles. The van der Waals surface area contributed by atoms with Gasteiger partial charge in [-0.05, 0) is 48.5 Å². The Morgan fingerprint density at radius 1 is 1.17 bits per heavy atom. The van der Waals surface area contributed by atoms with Crippen molar-refractivity contribution in [1.29, 1.82) is 0 Å². The van der Waals surface area contributed by atoms with Crippen molar-refractivity contribution in [2.75, 3.05) is 5.32 Å². The number of benzene rings is 2. The predicted octanol–water partition coefficient (Wildman–Crippen LogP) is 4.39. The largest absolute Gasteiger partial charge is 0.505 e. The highest BCUT2D eigenvalue weighted by molar-refractivity contribution is 7.80. The summed E-state index contributed by atoms with van der Waals surface area (Å²) in [6.45, 7) is 2.04. The van der Waals surface area contributed by atoms with Gasteiger partial charge < -0.3 is 10.4 Å². The van der Waals surface area contributed by atoms with Crippen LogP contribution in [0.25, 0.3) is 0 Å². The standard InChI is InChI=1S/C16H14Cl2N2O2S/c1-2-9-3-5-10(6-4-9)15(22)20-16(23)19-11-7-12(17)14(21)13(18)8-11/h3-8,21H,2H2,1H3,(H2,19,20,22,23). The first-order valence-corrected chi connectivity index (χ1v) is 7.96. The number of phenols is 1. The number of halogens is 2. The Bertz CT molecular complexity index is 725. The summed E-state index contributed by atoms with van der Waals surface area (Å²) in [7, 11) is 0. The average molecular weight is 369 g/mol. The van der Waals surface area contributed by atoms with E-state index in [0.29, 0.717) is 11.3 Å². The first-order valence-electron chi connectivity index (χ1n) is 6.80. The molecule has 23 heavy (non-hydrogen) atoms. The third-order valence-electron chi connectivity index (χ3n) is 3.13. The lowest BCUT2D eigenvalue weighted by molar-refractivity contribution is 0.0977. The molecule has 0 aliphatic carbocycles. The van der Waals surface area contributed by atoms with Crippen LogP contribution in [0.3, 0.4) is 0 Å². The van der Waals surface area contributed by atoms with Crippen molar-refractivity contribution in [2.45, 2.75) is 13.3 Å². The molecule has 0 radical (unpaired) electrons. The number of anilines is 1. The molecule has 0 aliphatic heterocycles. The van der Waals surface area contributed by atoms with E-state index in [4.69, 9.17) is 35.4 Å². The number of hydrogen-bond acceptors (Lipinski definition) is 3. The zero-order valence-electron chi connectivity index (χ0n) is 12.2. The smallest absolute Gasteiger partial charge is 0.257 e. The van der Waals surface area contributed by atoms with Gasteiger partial charge in [-0.2, -0.15) is 0 Å². The first kappa shape index (κ1) is 17.5. The van der Waals surface area contributed by atoms with Crippen molar-refractivity contribution in [3.8, 4) is 5.75 Å². The topological polar surface area (TPSA) is 61.4 Å². The Hall–Kier alpha value is -1.82. The summed E-state index contributed by atoms with van der Waals surface area (Å²) in [5.41, 5.74) is 2.12. The third-order valence-corrected chi connectivity index (χ3v) is 3.91. The van der Waals surface area contributed by atoms with Crippen LogP contribution >= 0.6 is 35.4 Å². The lowest BCUT2D eigenvalue weighted by Gasteiger charge is -2.11. The molecule has 0 spiro atoms. The van der Waals surface area contributed by atoms with Gasteiger partial charge in [-0.3, -0.25) is 10.1 Å². The fraction of sp³-hybridized carbons (Fsp3) is 0.125. The van der Waals surface area contributed by atoms with Crippen molar-refractivity contribution in [3.63, 3.8) is 0 Å². The van der Waals surface area contributed by atoms with Gasteiger partial charge in [0, 0.05) is 11.3 Å². The maximum absolute atomic E-state index is 12.1. The van der Waals surface area contributed by atoms with Crippen molar-refractivity contribution in [2.24, 2.45) is 0 Å². The Balaban J connectivity index is 2.02. The summed E-state index contributed by atoms with van der Waals surface area (Å²) in [4.78, 5) is 12.1. The fourth-order valence-corrected chi connectivity index (χ4v) is 2.56. The number of aryl methyl sites for hydroxylation is 1. The molecule has 0 bridgehead atoms. The molecule has 2 aromatic carbocycles. The Kier molecular flexibility index (Phi) is 5.82. The van der Waals surface area contributed by atoms with Crippen LogP contribution in [-0.2, 0) is 6.42 Å². The van der Waals surface area contributed by atoms with Gasteiger partial charge in [-0.1, -0.05) is 42.3 Å². The Morgan fingerprint density at radius 2 is 1.74 bits per heavy atom. The molecule has 2 rings (SSSR count). The van der Waals surface area contributed by atoms with E-state index in [1.165, 1.54) is 12.1 Å². The molecule has 4 nitrogen and oxygen atoms in total. The van der Waals surface area contributed by atoms with Gasteiger partial charge in [-0.15, -0.1) is 0 Å². The summed E-state index contributed by atoms with van der Waals surface area (Å²) in [5, 5.41) is 15.1. The minimum Gasteiger partial charge on any atom is -0.505 e. The van der Waals surface area contributed by atoms with Crippen LogP contribution in [0.2, 0.25) is 10.0 Å². The van der Waals surface area contributed by atoms with E-state index in [1.54, 1.807) is 12.1 Å². The molecule has 1 amide bonds. The molecule has 0 unspecified atom stereocenters. The minimum absolute atomic E-state index is 0.0873. The van der Waals surface area contributed by atoms with Gasteiger partial charge in [-0.25, -0.2) is 0 Å². The number of carbonyl (C=O) groups is 1. The summed E-state index contributed by atoms with van der Waals surface area (Å²) in [6, 6.07) is 10.2. The van der Waals surface area contributed by atoms with Gasteiger partial charge in [0.25, 0.3) is 5.91 Å². The first-order chi connectivity index (χ1) is 10.9. The Labute approximate surface area is 149 Å². The van der Waals surface area contributed by atoms with Crippen LogP contribution in [0, 0.1) is 0 Å². The van der Waals surface area contributed by atoms with E-state index in [0.717, 1.165) is 12.0 Å². The number of hydrogen-bond donors (Lipinski definition) is 3. The van der Waals surface area contributed by atoms with Gasteiger partial charge >= 0.3 is 0 Å². The zero-order chi connectivity index (χ0) is 17.0. The van der Waals surface area contributed by atoms with Crippen LogP contribution in [0.5, 0.6) is 5.75 Å². The van der Waals surface area contributed by atoms with Gasteiger partial charge in [0.1, 0.15) is 0 Å².